The van der Waals surface area contributed by atoms with Crippen LogP contribution in [0, 0.1) is 12.8 Å². The summed E-state index contributed by atoms with van der Waals surface area (Å²) in [4.78, 5) is 17.1. The van der Waals surface area contributed by atoms with Crippen LogP contribution in [0.1, 0.15) is 21.8 Å². The molecule has 2 fully saturated rings. The summed E-state index contributed by atoms with van der Waals surface area (Å²) in [6.45, 7) is 5.62. The number of amides is 1. The fourth-order valence-electron chi connectivity index (χ4n) is 3.90. The number of anilines is 1. The number of benzene rings is 1. The first-order valence-corrected chi connectivity index (χ1v) is 9.43. The normalized spacial score (nSPS) is 23.0. The van der Waals surface area contributed by atoms with Crippen molar-refractivity contribution in [1.29, 1.82) is 0 Å². The minimum atomic E-state index is -0.560. The number of nitrogens with zero attached hydrogens (tertiary/aromatic N) is 3. The molecule has 0 aliphatic carbocycles. The highest BCUT2D eigenvalue weighted by atomic mass is 16.5. The number of ether oxygens (including phenoxy) is 1. The standard InChI is InChI=1S/C20H25N3O4/c1-14-10-16(27-21-14)11-15-12-23(13-19(15)24)20(25)17-4-2-3-5-18(17)22-6-8-26-9-7-22/h2-5,10,15,19,24H,6-9,11-13H2,1H3/t15-,19+/m1/s1. The number of hydrogen-bond donors (Lipinski definition) is 1. The highest BCUT2D eigenvalue weighted by Crippen LogP contribution is 2.27. The van der Waals surface area contributed by atoms with Gasteiger partial charge in [0.1, 0.15) is 5.76 Å². The number of aliphatic hydroxyl groups is 1. The van der Waals surface area contributed by atoms with Crippen LogP contribution in [-0.4, -0.2) is 66.6 Å². The van der Waals surface area contributed by atoms with Crippen LogP contribution in [0.25, 0.3) is 0 Å². The second-order valence-electron chi connectivity index (χ2n) is 7.29. The smallest absolute Gasteiger partial charge is 0.256 e. The predicted molar refractivity (Wildman–Crippen MR) is 99.8 cm³/mol. The Kier molecular flexibility index (Phi) is 5.13. The van der Waals surface area contributed by atoms with E-state index in [-0.39, 0.29) is 11.8 Å². The number of likely N-dealkylation sites (tertiary alicyclic amines) is 1. The van der Waals surface area contributed by atoms with Gasteiger partial charge in [0.15, 0.2) is 0 Å². The molecule has 144 valence electrons. The number of morpholine rings is 1. The number of carbonyl (C=O) groups excluding carboxylic acids is 1. The number of aryl methyl sites for hydroxylation is 1. The highest BCUT2D eigenvalue weighted by Gasteiger charge is 2.36. The monoisotopic (exact) mass is 371 g/mol. The molecular formula is C20H25N3O4. The van der Waals surface area contributed by atoms with E-state index in [9.17, 15) is 9.90 Å². The fourth-order valence-corrected chi connectivity index (χ4v) is 3.90. The molecule has 2 aliphatic rings. The van der Waals surface area contributed by atoms with E-state index in [4.69, 9.17) is 9.26 Å². The maximum absolute atomic E-state index is 13.2. The molecule has 1 amide bonds. The summed E-state index contributed by atoms with van der Waals surface area (Å²) in [5.74, 6) is 0.670. The van der Waals surface area contributed by atoms with Crippen LogP contribution in [0.5, 0.6) is 0 Å². The summed E-state index contributed by atoms with van der Waals surface area (Å²) in [6.07, 6.45) is 0.0200. The molecule has 0 bridgehead atoms. The van der Waals surface area contributed by atoms with Gasteiger partial charge in [-0.3, -0.25) is 4.79 Å². The van der Waals surface area contributed by atoms with Gasteiger partial charge in [0, 0.05) is 50.3 Å². The molecule has 0 saturated carbocycles. The van der Waals surface area contributed by atoms with Crippen molar-refractivity contribution in [2.75, 3.05) is 44.3 Å². The Bertz CT molecular complexity index is 800. The van der Waals surface area contributed by atoms with Crippen molar-refractivity contribution in [2.45, 2.75) is 19.4 Å². The van der Waals surface area contributed by atoms with E-state index in [0.717, 1.165) is 30.2 Å². The van der Waals surface area contributed by atoms with Gasteiger partial charge in [0.25, 0.3) is 5.91 Å². The second-order valence-corrected chi connectivity index (χ2v) is 7.29. The molecule has 7 heteroatoms. The van der Waals surface area contributed by atoms with Gasteiger partial charge in [0.05, 0.1) is 30.6 Å². The molecule has 1 aromatic carbocycles. The zero-order valence-electron chi connectivity index (χ0n) is 15.5. The van der Waals surface area contributed by atoms with Crippen LogP contribution in [0.2, 0.25) is 0 Å². The molecule has 3 heterocycles. The first-order valence-electron chi connectivity index (χ1n) is 9.43. The van der Waals surface area contributed by atoms with E-state index in [1.54, 1.807) is 4.90 Å². The number of aliphatic hydroxyl groups excluding tert-OH is 1. The molecule has 27 heavy (non-hydrogen) atoms. The molecule has 4 rings (SSSR count). The third-order valence-corrected chi connectivity index (χ3v) is 5.32. The lowest BCUT2D eigenvalue weighted by atomic mass is 10.0. The lowest BCUT2D eigenvalue weighted by Gasteiger charge is -2.31. The molecule has 2 aromatic rings. The van der Waals surface area contributed by atoms with Gasteiger partial charge in [-0.15, -0.1) is 0 Å². The lowest BCUT2D eigenvalue weighted by Crippen LogP contribution is -2.38. The summed E-state index contributed by atoms with van der Waals surface area (Å²) in [7, 11) is 0. The van der Waals surface area contributed by atoms with Gasteiger partial charge >= 0.3 is 0 Å². The second kappa shape index (κ2) is 7.70. The molecule has 7 nitrogen and oxygen atoms in total. The van der Waals surface area contributed by atoms with Crippen LogP contribution >= 0.6 is 0 Å². The predicted octanol–water partition coefficient (Wildman–Crippen LogP) is 1.50. The van der Waals surface area contributed by atoms with E-state index in [1.165, 1.54) is 0 Å². The maximum Gasteiger partial charge on any atom is 0.256 e. The maximum atomic E-state index is 13.2. The largest absolute Gasteiger partial charge is 0.391 e. The summed E-state index contributed by atoms with van der Waals surface area (Å²) < 4.78 is 10.7. The molecule has 2 saturated heterocycles. The third-order valence-electron chi connectivity index (χ3n) is 5.32. The fraction of sp³-hybridized carbons (Fsp3) is 0.500. The Balaban J connectivity index is 1.48. The van der Waals surface area contributed by atoms with E-state index in [1.807, 2.05) is 37.3 Å². The Hall–Kier alpha value is -2.38. The number of rotatable bonds is 4. The molecule has 1 aromatic heterocycles. The van der Waals surface area contributed by atoms with E-state index < -0.39 is 6.10 Å². The molecule has 0 spiro atoms. The number of para-hydroxylation sites is 1. The van der Waals surface area contributed by atoms with Gasteiger partial charge in [-0.2, -0.15) is 0 Å². The number of carbonyl (C=O) groups is 1. The minimum absolute atomic E-state index is 0.0348. The zero-order chi connectivity index (χ0) is 18.8. The van der Waals surface area contributed by atoms with Crippen molar-refractivity contribution in [2.24, 2.45) is 5.92 Å². The van der Waals surface area contributed by atoms with Gasteiger partial charge in [-0.05, 0) is 19.1 Å². The Morgan fingerprint density at radius 3 is 2.78 bits per heavy atom. The van der Waals surface area contributed by atoms with Crippen LogP contribution in [0.4, 0.5) is 5.69 Å². The molecule has 0 unspecified atom stereocenters. The average molecular weight is 371 g/mol. The molecule has 2 atom stereocenters. The SMILES string of the molecule is Cc1cc(C[C@@H]2CN(C(=O)c3ccccc3N3CCOCC3)C[C@@H]2O)on1. The van der Waals surface area contributed by atoms with Crippen LogP contribution < -0.4 is 4.90 Å². The first-order chi connectivity index (χ1) is 13.1. The zero-order valence-corrected chi connectivity index (χ0v) is 15.5. The van der Waals surface area contributed by atoms with E-state index in [0.29, 0.717) is 38.3 Å². The van der Waals surface area contributed by atoms with Crippen molar-refractivity contribution >= 4 is 11.6 Å². The lowest BCUT2D eigenvalue weighted by molar-refractivity contribution is 0.0764. The number of hydrogen-bond acceptors (Lipinski definition) is 6. The van der Waals surface area contributed by atoms with Crippen molar-refractivity contribution in [1.82, 2.24) is 10.1 Å². The van der Waals surface area contributed by atoms with Gasteiger partial charge in [0.2, 0.25) is 0 Å². The first kappa shape index (κ1) is 18.0. The number of aromatic nitrogens is 1. The van der Waals surface area contributed by atoms with Crippen LogP contribution in [0.3, 0.4) is 0 Å². The van der Waals surface area contributed by atoms with Crippen LogP contribution in [-0.2, 0) is 11.2 Å². The summed E-state index contributed by atoms with van der Waals surface area (Å²) in [6, 6.07) is 9.57. The van der Waals surface area contributed by atoms with Gasteiger partial charge in [-0.1, -0.05) is 17.3 Å². The third kappa shape index (κ3) is 3.84. The quantitative estimate of drug-likeness (QED) is 0.877. The van der Waals surface area contributed by atoms with E-state index in [2.05, 4.69) is 10.1 Å². The minimum Gasteiger partial charge on any atom is -0.391 e. The molecular weight excluding hydrogens is 346 g/mol. The van der Waals surface area contributed by atoms with Crippen molar-refractivity contribution in [3.63, 3.8) is 0 Å². The molecule has 0 radical (unpaired) electrons. The van der Waals surface area contributed by atoms with Gasteiger partial charge in [-0.25, -0.2) is 0 Å². The Morgan fingerprint density at radius 2 is 2.04 bits per heavy atom. The van der Waals surface area contributed by atoms with E-state index >= 15 is 0 Å². The summed E-state index contributed by atoms with van der Waals surface area (Å²) in [5, 5.41) is 14.4. The number of β-amino-alcohol motifs (C(OH)–C–C–N with tert-alkyl or cyclic N) is 1. The molecule has 2 aliphatic heterocycles. The van der Waals surface area contributed by atoms with Gasteiger partial charge < -0.3 is 24.2 Å². The summed E-state index contributed by atoms with van der Waals surface area (Å²) in [5.41, 5.74) is 2.45. The summed E-state index contributed by atoms with van der Waals surface area (Å²) >= 11 is 0. The van der Waals surface area contributed by atoms with Crippen LogP contribution in [0.15, 0.2) is 34.9 Å². The average Bonchev–Trinajstić information content (AvgIpc) is 3.27. The molecule has 1 N–H and O–H groups in total. The Labute approximate surface area is 158 Å². The topological polar surface area (TPSA) is 79.0 Å². The van der Waals surface area contributed by atoms with Crippen molar-refractivity contribution in [3.05, 3.63) is 47.3 Å². The van der Waals surface area contributed by atoms with Crippen molar-refractivity contribution in [3.8, 4) is 0 Å². The highest BCUT2D eigenvalue weighted by molar-refractivity contribution is 6.00. The Morgan fingerprint density at radius 1 is 1.26 bits per heavy atom. The van der Waals surface area contributed by atoms with Crippen molar-refractivity contribution < 1.29 is 19.2 Å².